The van der Waals surface area contributed by atoms with E-state index in [4.69, 9.17) is 9.79 Å². The monoisotopic (exact) mass is 311 g/mol. The Kier molecular flexibility index (Phi) is 6.58. The van der Waals surface area contributed by atoms with Gasteiger partial charge in [0.1, 0.15) is 0 Å². The van der Waals surface area contributed by atoms with E-state index in [9.17, 15) is 28.4 Å². The fourth-order valence-electron chi connectivity index (χ4n) is 0.268. The fraction of sp³-hybridized carbons (Fsp3) is 0. The van der Waals surface area contributed by atoms with Crippen molar-refractivity contribution >= 4 is 23.5 Å². The van der Waals surface area contributed by atoms with Crippen LogP contribution in [0.2, 0.25) is 0 Å². The van der Waals surface area contributed by atoms with E-state index in [1.807, 2.05) is 0 Å². The van der Waals surface area contributed by atoms with Gasteiger partial charge in [-0.25, -0.2) is 8.88 Å². The molecule has 0 fully saturated rings. The summed E-state index contributed by atoms with van der Waals surface area (Å²) in [4.78, 5) is 45.3. The second-order valence-corrected chi connectivity index (χ2v) is 5.62. The maximum absolute atomic E-state index is 10.2. The summed E-state index contributed by atoms with van der Waals surface area (Å²) in [6.07, 6.45) is 0. The molecule has 10 nitrogen and oxygen atoms in total. The molecule has 0 saturated heterocycles. The largest absolute Gasteiger partial charge is 3.00 e. The molecule has 0 bridgehead atoms. The van der Waals surface area contributed by atoms with E-state index in [-0.39, 0.29) is 17.1 Å². The van der Waals surface area contributed by atoms with Gasteiger partial charge in [-0.2, -0.15) is 0 Å². The van der Waals surface area contributed by atoms with Gasteiger partial charge in [0.15, 0.2) is 0 Å². The van der Waals surface area contributed by atoms with Gasteiger partial charge in [-0.3, -0.25) is 8.88 Å². The topological polar surface area (TPSA) is 179 Å². The SMILES string of the molecule is O=P([O-])([O-])OP(=O)([O-])OP(=O)(O)O.[Fe+3]. The number of hydrogen-bond donors (Lipinski definition) is 2. The van der Waals surface area contributed by atoms with E-state index in [2.05, 4.69) is 8.62 Å². The van der Waals surface area contributed by atoms with Gasteiger partial charge in [-0.15, -0.1) is 0 Å². The maximum Gasteiger partial charge on any atom is 3.00 e. The fourth-order valence-corrected chi connectivity index (χ4v) is 2.68. The predicted molar refractivity (Wildman–Crippen MR) is 29.4 cm³/mol. The van der Waals surface area contributed by atoms with E-state index in [1.54, 1.807) is 0 Å². The second kappa shape index (κ2) is 5.32. The van der Waals surface area contributed by atoms with Crippen molar-refractivity contribution in [1.82, 2.24) is 0 Å². The molecule has 0 aliphatic carbocycles. The summed E-state index contributed by atoms with van der Waals surface area (Å²) >= 11 is 0. The van der Waals surface area contributed by atoms with Gasteiger partial charge in [0.25, 0.3) is 7.82 Å². The molecule has 0 aromatic rings. The van der Waals surface area contributed by atoms with Gasteiger partial charge < -0.3 is 29.0 Å². The zero-order valence-corrected chi connectivity index (χ0v) is 9.64. The van der Waals surface area contributed by atoms with Crippen LogP contribution in [0.1, 0.15) is 0 Å². The average Bonchev–Trinajstić information content (AvgIpc) is 1.43. The molecular formula is H2FeO10P3. The number of phosphoric acid groups is 3. The Labute approximate surface area is 87.8 Å². The molecule has 0 aromatic heterocycles. The van der Waals surface area contributed by atoms with Crippen molar-refractivity contribution in [1.29, 1.82) is 0 Å². The molecule has 85 valence electrons. The molecule has 2 N–H and O–H groups in total. The minimum absolute atomic E-state index is 0. The standard InChI is InChI=1S/Fe.H5O10P3/c;1-11(2,3)9-13(7,8)10-12(4,5)6/h;(H,7,8)(H2,1,2,3)(H2,4,5,6)/q+3;/p-3. The average molecular weight is 311 g/mol. The Hall–Kier alpha value is 0.929. The van der Waals surface area contributed by atoms with Gasteiger partial charge >= 0.3 is 24.9 Å². The van der Waals surface area contributed by atoms with Crippen LogP contribution in [0.5, 0.6) is 0 Å². The normalized spacial score (nSPS) is 16.9. The molecule has 0 amide bonds. The van der Waals surface area contributed by atoms with Crippen LogP contribution in [0.15, 0.2) is 0 Å². The smallest absolute Gasteiger partial charge is 0.790 e. The van der Waals surface area contributed by atoms with Gasteiger partial charge in [-0.1, -0.05) is 0 Å². The van der Waals surface area contributed by atoms with Crippen molar-refractivity contribution in [2.24, 2.45) is 0 Å². The molecule has 0 spiro atoms. The minimum atomic E-state index is -5.92. The summed E-state index contributed by atoms with van der Waals surface area (Å²) in [5.41, 5.74) is 0. The molecule has 0 rings (SSSR count). The summed E-state index contributed by atoms with van der Waals surface area (Å²) in [7, 11) is -17.2. The molecule has 0 aromatic carbocycles. The summed E-state index contributed by atoms with van der Waals surface area (Å²) in [5, 5.41) is 0. The maximum atomic E-state index is 10.2. The Bertz CT molecular complexity index is 277. The molecule has 14 heavy (non-hydrogen) atoms. The van der Waals surface area contributed by atoms with Gasteiger partial charge in [0.2, 0.25) is 0 Å². The van der Waals surface area contributed by atoms with Crippen LogP contribution >= 0.6 is 23.5 Å². The van der Waals surface area contributed by atoms with E-state index in [0.29, 0.717) is 0 Å². The van der Waals surface area contributed by atoms with Gasteiger partial charge in [0, 0.05) is 0 Å². The summed E-state index contributed by atoms with van der Waals surface area (Å²) in [6, 6.07) is 0. The van der Waals surface area contributed by atoms with Crippen molar-refractivity contribution in [3.05, 3.63) is 0 Å². The third kappa shape index (κ3) is 11.0. The first-order valence-corrected chi connectivity index (χ1v) is 6.68. The molecule has 0 saturated carbocycles. The van der Waals surface area contributed by atoms with Crippen molar-refractivity contribution in [2.45, 2.75) is 0 Å². The first kappa shape index (κ1) is 17.3. The van der Waals surface area contributed by atoms with Crippen LogP contribution in [0.25, 0.3) is 0 Å². The molecule has 0 aliphatic heterocycles. The van der Waals surface area contributed by atoms with Crippen LogP contribution in [-0.2, 0) is 39.4 Å². The van der Waals surface area contributed by atoms with Crippen LogP contribution in [0.4, 0.5) is 0 Å². The third-order valence-corrected chi connectivity index (χ3v) is 3.66. The minimum Gasteiger partial charge on any atom is -0.790 e. The van der Waals surface area contributed by atoms with E-state index >= 15 is 0 Å². The third-order valence-electron chi connectivity index (χ3n) is 0.406. The van der Waals surface area contributed by atoms with Crippen LogP contribution in [-0.4, -0.2) is 9.79 Å². The molecule has 1 unspecified atom stereocenters. The van der Waals surface area contributed by atoms with E-state index < -0.39 is 23.5 Å². The second-order valence-electron chi connectivity index (χ2n) is 1.55. The summed E-state index contributed by atoms with van der Waals surface area (Å²) < 4.78 is 35.3. The molecule has 0 aliphatic rings. The molecule has 0 heterocycles. The quantitative estimate of drug-likeness (QED) is 0.413. The molecule has 14 heteroatoms. The summed E-state index contributed by atoms with van der Waals surface area (Å²) in [6.45, 7) is 0. The van der Waals surface area contributed by atoms with E-state index in [1.165, 1.54) is 0 Å². The Morgan fingerprint density at radius 3 is 1.50 bits per heavy atom. The Morgan fingerprint density at radius 2 is 1.29 bits per heavy atom. The Morgan fingerprint density at radius 1 is 0.929 bits per heavy atom. The Balaban J connectivity index is 0. The zero-order chi connectivity index (χ0) is 10.9. The molecule has 1 radical (unpaired) electrons. The van der Waals surface area contributed by atoms with Crippen molar-refractivity contribution in [2.75, 3.05) is 0 Å². The number of hydrogen-bond acceptors (Lipinski definition) is 8. The van der Waals surface area contributed by atoms with E-state index in [0.717, 1.165) is 0 Å². The zero-order valence-electron chi connectivity index (χ0n) is 5.86. The van der Waals surface area contributed by atoms with Crippen LogP contribution < -0.4 is 14.7 Å². The van der Waals surface area contributed by atoms with Crippen molar-refractivity contribution in [3.8, 4) is 0 Å². The first-order chi connectivity index (χ1) is 5.41. The number of rotatable bonds is 4. The van der Waals surface area contributed by atoms with Crippen LogP contribution in [0.3, 0.4) is 0 Å². The summed E-state index contributed by atoms with van der Waals surface area (Å²) in [5.74, 6) is 0. The van der Waals surface area contributed by atoms with Crippen molar-refractivity contribution in [3.63, 3.8) is 0 Å². The van der Waals surface area contributed by atoms with Crippen molar-refractivity contribution < 1.29 is 63.9 Å². The first-order valence-electron chi connectivity index (χ1n) is 2.23. The molecule has 1 atom stereocenters. The van der Waals surface area contributed by atoms with Gasteiger partial charge in [-0.05, 0) is 0 Å². The van der Waals surface area contributed by atoms with Crippen LogP contribution in [0, 0.1) is 0 Å². The predicted octanol–water partition coefficient (Wildman–Crippen LogP) is -2.59. The molecular weight excluding hydrogens is 309 g/mol. The van der Waals surface area contributed by atoms with Gasteiger partial charge in [0.05, 0.1) is 7.82 Å².